The number of carboxylic acid groups (broad SMARTS) is 1. The summed E-state index contributed by atoms with van der Waals surface area (Å²) in [6, 6.07) is 14.1. The second-order valence-electron chi connectivity index (χ2n) is 5.94. The number of hydrogen-bond acceptors (Lipinski definition) is 6. The summed E-state index contributed by atoms with van der Waals surface area (Å²) in [5.74, 6) is -1.05. The van der Waals surface area contributed by atoms with Crippen molar-refractivity contribution in [3.05, 3.63) is 65.5 Å². The highest BCUT2D eigenvalue weighted by atomic mass is 16.5. The third-order valence-electron chi connectivity index (χ3n) is 4.27. The van der Waals surface area contributed by atoms with Crippen molar-refractivity contribution in [3.8, 4) is 11.4 Å². The summed E-state index contributed by atoms with van der Waals surface area (Å²) in [5, 5.41) is 16.8. The molecule has 27 heavy (non-hydrogen) atoms. The number of carbonyl (C=O) groups excluding carboxylic acids is 1. The van der Waals surface area contributed by atoms with E-state index in [1.165, 1.54) is 12.1 Å². The van der Waals surface area contributed by atoms with Gasteiger partial charge in [0, 0.05) is 11.3 Å². The summed E-state index contributed by atoms with van der Waals surface area (Å²) in [4.78, 5) is 27.6. The number of hydrogen-bond donors (Lipinski definition) is 2. The number of aromatic carboxylic acids is 1. The first-order valence-electron chi connectivity index (χ1n) is 8.41. The number of nitrogens with zero attached hydrogens (tertiary/aromatic N) is 3. The van der Waals surface area contributed by atoms with Crippen LogP contribution in [0.1, 0.15) is 39.6 Å². The van der Waals surface area contributed by atoms with Crippen molar-refractivity contribution in [1.29, 1.82) is 0 Å². The monoisotopic (exact) mass is 364 g/mol. The van der Waals surface area contributed by atoms with Crippen molar-refractivity contribution in [2.75, 3.05) is 11.9 Å². The lowest BCUT2D eigenvalue weighted by Crippen LogP contribution is -2.26. The lowest BCUT2D eigenvalue weighted by molar-refractivity contribution is 0.0511. The fourth-order valence-corrected chi connectivity index (χ4v) is 3.01. The molecule has 1 unspecified atom stereocenters. The molecular weight excluding hydrogens is 348 g/mol. The van der Waals surface area contributed by atoms with Crippen LogP contribution >= 0.6 is 0 Å². The van der Waals surface area contributed by atoms with Gasteiger partial charge in [0.15, 0.2) is 5.82 Å². The second-order valence-corrected chi connectivity index (χ2v) is 5.94. The van der Waals surface area contributed by atoms with E-state index < -0.39 is 18.1 Å². The zero-order valence-electron chi connectivity index (χ0n) is 14.4. The number of carbonyl (C=O) groups is 2. The SMILES string of the molecule is CCOC(=O)c1nc2n(n1)C(c1ccc(C(=O)O)cc1)Nc1ccccc1-2. The predicted molar refractivity (Wildman–Crippen MR) is 96.6 cm³/mol. The molecule has 0 radical (unpaired) electrons. The molecule has 0 saturated carbocycles. The summed E-state index contributed by atoms with van der Waals surface area (Å²) in [6.45, 7) is 1.95. The van der Waals surface area contributed by atoms with Crippen LogP contribution in [0.5, 0.6) is 0 Å². The van der Waals surface area contributed by atoms with Gasteiger partial charge in [-0.05, 0) is 36.8 Å². The molecule has 0 saturated heterocycles. The molecule has 0 bridgehead atoms. The number of para-hydroxylation sites is 1. The molecule has 2 heterocycles. The van der Waals surface area contributed by atoms with Gasteiger partial charge in [0.2, 0.25) is 0 Å². The molecule has 0 amide bonds. The number of nitrogens with one attached hydrogen (secondary N) is 1. The molecule has 2 N–H and O–H groups in total. The highest BCUT2D eigenvalue weighted by Crippen LogP contribution is 2.37. The average Bonchev–Trinajstić information content (AvgIpc) is 3.13. The van der Waals surface area contributed by atoms with E-state index in [1.807, 2.05) is 24.3 Å². The van der Waals surface area contributed by atoms with Crippen LogP contribution in [-0.2, 0) is 4.74 Å². The van der Waals surface area contributed by atoms with Crippen LogP contribution in [0.4, 0.5) is 5.69 Å². The number of rotatable bonds is 4. The van der Waals surface area contributed by atoms with Crippen LogP contribution in [0.2, 0.25) is 0 Å². The van der Waals surface area contributed by atoms with E-state index in [-0.39, 0.29) is 18.0 Å². The van der Waals surface area contributed by atoms with E-state index >= 15 is 0 Å². The molecule has 0 fully saturated rings. The molecule has 3 aromatic rings. The molecule has 8 heteroatoms. The molecule has 136 valence electrons. The Hall–Kier alpha value is -3.68. The molecule has 0 aliphatic carbocycles. The molecule has 8 nitrogen and oxygen atoms in total. The quantitative estimate of drug-likeness (QED) is 0.686. The van der Waals surface area contributed by atoms with Gasteiger partial charge in [-0.3, -0.25) is 0 Å². The van der Waals surface area contributed by atoms with E-state index in [0.717, 1.165) is 16.8 Å². The fourth-order valence-electron chi connectivity index (χ4n) is 3.01. The van der Waals surface area contributed by atoms with Crippen molar-refractivity contribution >= 4 is 17.6 Å². The maximum atomic E-state index is 12.1. The number of anilines is 1. The van der Waals surface area contributed by atoms with Gasteiger partial charge in [-0.1, -0.05) is 24.3 Å². The van der Waals surface area contributed by atoms with Crippen LogP contribution < -0.4 is 5.32 Å². The molecule has 2 aromatic carbocycles. The maximum Gasteiger partial charge on any atom is 0.378 e. The summed E-state index contributed by atoms with van der Waals surface area (Å²) < 4.78 is 6.63. The molecule has 1 atom stereocenters. The van der Waals surface area contributed by atoms with E-state index in [0.29, 0.717) is 5.82 Å². The molecule has 0 spiro atoms. The van der Waals surface area contributed by atoms with Gasteiger partial charge in [0.25, 0.3) is 5.82 Å². The van der Waals surface area contributed by atoms with Gasteiger partial charge in [-0.2, -0.15) is 0 Å². The Morgan fingerprint density at radius 1 is 1.19 bits per heavy atom. The molecular formula is C19H16N4O4. The van der Waals surface area contributed by atoms with Crippen LogP contribution in [0.25, 0.3) is 11.4 Å². The topological polar surface area (TPSA) is 106 Å². The van der Waals surface area contributed by atoms with E-state index in [1.54, 1.807) is 23.7 Å². The summed E-state index contributed by atoms with van der Waals surface area (Å²) in [7, 11) is 0. The second kappa shape index (κ2) is 6.56. The number of fused-ring (bicyclic) bond motifs is 3. The largest absolute Gasteiger partial charge is 0.478 e. The number of carboxylic acids is 1. The standard InChI is InChI=1S/C19H16N4O4/c1-2-27-19(26)15-21-17-13-5-3-4-6-14(13)20-16(23(17)22-15)11-7-9-12(10-8-11)18(24)25/h3-10,16,20H,2H2,1H3,(H,24,25). The third kappa shape index (κ3) is 2.91. The first kappa shape index (κ1) is 16.8. The summed E-state index contributed by atoms with van der Waals surface area (Å²) in [5.41, 5.74) is 2.65. The highest BCUT2D eigenvalue weighted by molar-refractivity contribution is 5.88. The molecule has 1 aromatic heterocycles. The summed E-state index contributed by atoms with van der Waals surface area (Å²) >= 11 is 0. The third-order valence-corrected chi connectivity index (χ3v) is 4.27. The minimum Gasteiger partial charge on any atom is -0.478 e. The van der Waals surface area contributed by atoms with E-state index in [9.17, 15) is 9.59 Å². The molecule has 1 aliphatic heterocycles. The first-order valence-corrected chi connectivity index (χ1v) is 8.41. The van der Waals surface area contributed by atoms with Crippen molar-refractivity contribution in [2.45, 2.75) is 13.1 Å². The van der Waals surface area contributed by atoms with Crippen molar-refractivity contribution in [3.63, 3.8) is 0 Å². The van der Waals surface area contributed by atoms with Gasteiger partial charge in [0.1, 0.15) is 6.17 Å². The van der Waals surface area contributed by atoms with E-state index in [4.69, 9.17) is 9.84 Å². The van der Waals surface area contributed by atoms with Crippen molar-refractivity contribution in [1.82, 2.24) is 14.8 Å². The Balaban J connectivity index is 1.81. The lowest BCUT2D eigenvalue weighted by atomic mass is 10.1. The molecule has 4 rings (SSSR count). The normalized spacial score (nSPS) is 14.6. The Bertz CT molecular complexity index is 1030. The Labute approximate surface area is 154 Å². The Kier molecular flexibility index (Phi) is 4.08. The lowest BCUT2D eigenvalue weighted by Gasteiger charge is -2.28. The zero-order valence-corrected chi connectivity index (χ0v) is 14.4. The predicted octanol–water partition coefficient (Wildman–Crippen LogP) is 2.79. The van der Waals surface area contributed by atoms with Gasteiger partial charge < -0.3 is 15.2 Å². The van der Waals surface area contributed by atoms with E-state index in [2.05, 4.69) is 15.4 Å². The maximum absolute atomic E-state index is 12.1. The van der Waals surface area contributed by atoms with Crippen LogP contribution in [0.15, 0.2) is 48.5 Å². The average molecular weight is 364 g/mol. The summed E-state index contributed by atoms with van der Waals surface area (Å²) in [6.07, 6.45) is -0.437. The minimum atomic E-state index is -0.991. The van der Waals surface area contributed by atoms with Gasteiger partial charge in [-0.25, -0.2) is 19.3 Å². The van der Waals surface area contributed by atoms with Crippen LogP contribution in [0.3, 0.4) is 0 Å². The fraction of sp³-hybridized carbons (Fsp3) is 0.158. The van der Waals surface area contributed by atoms with Gasteiger partial charge in [0.05, 0.1) is 12.2 Å². The number of ether oxygens (including phenoxy) is 1. The van der Waals surface area contributed by atoms with Crippen LogP contribution in [-0.4, -0.2) is 38.4 Å². The smallest absolute Gasteiger partial charge is 0.378 e. The minimum absolute atomic E-state index is 0.0162. The number of esters is 1. The Morgan fingerprint density at radius 3 is 2.63 bits per heavy atom. The van der Waals surface area contributed by atoms with Gasteiger partial charge in [-0.15, -0.1) is 5.10 Å². The van der Waals surface area contributed by atoms with Crippen LogP contribution in [0, 0.1) is 0 Å². The highest BCUT2D eigenvalue weighted by Gasteiger charge is 2.30. The number of benzene rings is 2. The first-order chi connectivity index (χ1) is 13.1. The van der Waals surface area contributed by atoms with Crippen molar-refractivity contribution < 1.29 is 19.4 Å². The van der Waals surface area contributed by atoms with Crippen molar-refractivity contribution in [2.24, 2.45) is 0 Å². The Morgan fingerprint density at radius 2 is 1.93 bits per heavy atom. The van der Waals surface area contributed by atoms with Gasteiger partial charge >= 0.3 is 11.9 Å². The molecule has 1 aliphatic rings. The zero-order chi connectivity index (χ0) is 19.0. The number of aromatic nitrogens is 3.